The van der Waals surface area contributed by atoms with Crippen LogP contribution in [0.5, 0.6) is 5.75 Å². The van der Waals surface area contributed by atoms with Gasteiger partial charge < -0.3 is 20.7 Å². The van der Waals surface area contributed by atoms with Crippen LogP contribution in [-0.4, -0.2) is 23.6 Å². The van der Waals surface area contributed by atoms with Gasteiger partial charge in [-0.1, -0.05) is 31.5 Å². The summed E-state index contributed by atoms with van der Waals surface area (Å²) < 4.78 is 7.50. The number of ether oxygens (including phenoxy) is 1. The molecule has 3 aliphatic rings. The molecule has 3 heterocycles. The molecule has 0 bridgehead atoms. The fraction of sp³-hybridized carbons (Fsp3) is 0.310. The Balaban J connectivity index is 1.59. The summed E-state index contributed by atoms with van der Waals surface area (Å²) in [6.07, 6.45) is 13.1. The molecular weight excluding hydrogens is 488 g/mol. The van der Waals surface area contributed by atoms with Crippen molar-refractivity contribution in [2.45, 2.75) is 39.5 Å². The quantitative estimate of drug-likeness (QED) is 0.480. The van der Waals surface area contributed by atoms with Gasteiger partial charge in [-0.2, -0.15) is 0 Å². The van der Waals surface area contributed by atoms with E-state index in [0.29, 0.717) is 57.8 Å². The molecule has 8 heteroatoms. The first-order valence-electron chi connectivity index (χ1n) is 12.7. The predicted octanol–water partition coefficient (Wildman–Crippen LogP) is 5.01. The molecule has 0 spiro atoms. The van der Waals surface area contributed by atoms with Crippen molar-refractivity contribution in [1.82, 2.24) is 20.5 Å². The number of benzene rings is 1. The molecule has 1 amide bonds. The number of amides is 1. The highest BCUT2D eigenvalue weighted by Gasteiger charge is 2.24. The third-order valence-corrected chi connectivity index (χ3v) is 6.90. The number of halogens is 1. The van der Waals surface area contributed by atoms with Crippen LogP contribution in [0.1, 0.15) is 45.1 Å². The van der Waals surface area contributed by atoms with Gasteiger partial charge in [0.1, 0.15) is 11.6 Å². The normalized spacial score (nSPS) is 16.9. The summed E-state index contributed by atoms with van der Waals surface area (Å²) >= 11 is 6.45. The summed E-state index contributed by atoms with van der Waals surface area (Å²) in [5.41, 5.74) is 3.79. The number of nitrogens with zero attached hydrogens (tertiary/aromatic N) is 1. The van der Waals surface area contributed by atoms with E-state index in [0.717, 1.165) is 31.5 Å². The summed E-state index contributed by atoms with van der Waals surface area (Å²) in [6, 6.07) is 7.07. The monoisotopic (exact) mass is 518 g/mol. The van der Waals surface area contributed by atoms with E-state index in [2.05, 4.69) is 29.8 Å². The molecule has 0 radical (unpaired) electrons. The molecular formula is C29H31ClN4O3. The lowest BCUT2D eigenvalue weighted by Gasteiger charge is -2.26. The number of carbonyl (C=O) groups excluding carboxylic acids is 1. The highest BCUT2D eigenvalue weighted by Crippen LogP contribution is 2.31. The summed E-state index contributed by atoms with van der Waals surface area (Å²) in [5, 5.41) is 9.84. The Morgan fingerprint density at radius 1 is 1.08 bits per heavy atom. The molecule has 1 saturated carbocycles. The average Bonchev–Trinajstić information content (AvgIpc) is 2.83. The number of nitrogens with one attached hydrogen (secondary N) is 3. The van der Waals surface area contributed by atoms with Crippen molar-refractivity contribution in [2.75, 3.05) is 13.2 Å². The predicted molar refractivity (Wildman–Crippen MR) is 148 cm³/mol. The molecule has 3 N–H and O–H groups in total. The van der Waals surface area contributed by atoms with Gasteiger partial charge in [-0.05, 0) is 73.1 Å². The van der Waals surface area contributed by atoms with E-state index in [-0.39, 0.29) is 11.5 Å². The highest BCUT2D eigenvalue weighted by molar-refractivity contribution is 6.31. The van der Waals surface area contributed by atoms with Gasteiger partial charge in [-0.15, -0.1) is 0 Å². The Labute approximate surface area is 221 Å². The smallest absolute Gasteiger partial charge is 0.263 e. The maximum Gasteiger partial charge on any atom is 0.263 e. The number of dihydropyridines is 1. The van der Waals surface area contributed by atoms with Gasteiger partial charge in [0, 0.05) is 41.3 Å². The molecule has 2 aliphatic heterocycles. The molecule has 192 valence electrons. The van der Waals surface area contributed by atoms with Crippen LogP contribution in [0.25, 0.3) is 22.4 Å². The summed E-state index contributed by atoms with van der Waals surface area (Å²) in [4.78, 5) is 26.9. The molecule has 2 aromatic rings. The third kappa shape index (κ3) is 5.52. The molecule has 1 aliphatic carbocycles. The van der Waals surface area contributed by atoms with Crippen LogP contribution < -0.4 is 26.2 Å². The van der Waals surface area contributed by atoms with Gasteiger partial charge in [0.25, 0.3) is 11.5 Å². The number of pyridine rings is 1. The van der Waals surface area contributed by atoms with Crippen LogP contribution >= 0.6 is 11.6 Å². The number of hydrogen-bond acceptors (Lipinski definition) is 5. The first kappa shape index (κ1) is 25.0. The summed E-state index contributed by atoms with van der Waals surface area (Å²) in [6.45, 7) is 5.52. The van der Waals surface area contributed by atoms with Crippen LogP contribution in [-0.2, 0) is 4.79 Å². The second kappa shape index (κ2) is 10.7. The molecule has 1 aromatic carbocycles. The zero-order chi connectivity index (χ0) is 25.9. The minimum Gasteiger partial charge on any atom is -0.494 e. The zero-order valence-corrected chi connectivity index (χ0v) is 21.8. The average molecular weight is 519 g/mol. The molecule has 7 nitrogen and oxygen atoms in total. The number of aromatic nitrogens is 1. The number of hydrogen-bond donors (Lipinski definition) is 3. The van der Waals surface area contributed by atoms with E-state index >= 15 is 0 Å². The van der Waals surface area contributed by atoms with Crippen LogP contribution in [0.15, 0.2) is 71.2 Å². The molecule has 5 rings (SSSR count). The van der Waals surface area contributed by atoms with E-state index in [1.165, 1.54) is 5.57 Å². The van der Waals surface area contributed by atoms with E-state index in [1.54, 1.807) is 41.4 Å². The first-order chi connectivity index (χ1) is 17.9. The second-order valence-electron chi connectivity index (χ2n) is 9.89. The fourth-order valence-corrected chi connectivity index (χ4v) is 4.61. The summed E-state index contributed by atoms with van der Waals surface area (Å²) in [7, 11) is 0. The van der Waals surface area contributed by atoms with Crippen molar-refractivity contribution in [3.63, 3.8) is 0 Å². The van der Waals surface area contributed by atoms with E-state index in [1.807, 2.05) is 18.2 Å². The van der Waals surface area contributed by atoms with Crippen LogP contribution in [0.2, 0.25) is 5.02 Å². The van der Waals surface area contributed by atoms with Crippen molar-refractivity contribution in [3.05, 3.63) is 87.3 Å². The van der Waals surface area contributed by atoms with Crippen LogP contribution in [0.4, 0.5) is 0 Å². The van der Waals surface area contributed by atoms with Gasteiger partial charge in [0.05, 0.1) is 17.9 Å². The SMILES string of the molecule is CC(C)CCOc1cc(Cl)cc(-c2cc(C3=CNC(=C4CCC4)NC3=O)cn(C3=CNCC=C3)c2=O)c1. The maximum absolute atomic E-state index is 13.7. The summed E-state index contributed by atoms with van der Waals surface area (Å²) in [5.74, 6) is 1.68. The van der Waals surface area contributed by atoms with Gasteiger partial charge in [0.2, 0.25) is 0 Å². The number of allylic oxidation sites excluding steroid dienone is 3. The topological polar surface area (TPSA) is 84.4 Å². The maximum atomic E-state index is 13.7. The highest BCUT2D eigenvalue weighted by atomic mass is 35.5. The van der Waals surface area contributed by atoms with Crippen molar-refractivity contribution in [3.8, 4) is 16.9 Å². The molecule has 1 fully saturated rings. The molecule has 0 saturated heterocycles. The Morgan fingerprint density at radius 2 is 1.92 bits per heavy atom. The van der Waals surface area contributed by atoms with Crippen LogP contribution in [0, 0.1) is 5.92 Å². The van der Waals surface area contributed by atoms with Crippen molar-refractivity contribution in [1.29, 1.82) is 0 Å². The zero-order valence-electron chi connectivity index (χ0n) is 21.1. The third-order valence-electron chi connectivity index (χ3n) is 6.68. The first-order valence-corrected chi connectivity index (χ1v) is 13.1. The Hall–Kier alpha value is -3.71. The Morgan fingerprint density at radius 3 is 2.59 bits per heavy atom. The number of carbonyl (C=O) groups is 1. The van der Waals surface area contributed by atoms with Crippen molar-refractivity contribution >= 4 is 28.8 Å². The lowest BCUT2D eigenvalue weighted by Crippen LogP contribution is -2.37. The largest absolute Gasteiger partial charge is 0.494 e. The van der Waals surface area contributed by atoms with E-state index in [4.69, 9.17) is 16.3 Å². The number of rotatable bonds is 7. The standard InChI is InChI=1S/C29H31ClN4O3/c1-18(2)8-10-37-24-12-20(11-22(30)14-24)25-13-21(17-34(29(25)36)23-7-4-9-31-15-23)26-16-32-27(33-28(26)35)19-5-3-6-19/h4,7,11-18,31-32H,3,5-6,8-10H2,1-2H3,(H,33,35). The lowest BCUT2D eigenvalue weighted by atomic mass is 9.91. The lowest BCUT2D eigenvalue weighted by molar-refractivity contribution is -0.115. The molecule has 1 aromatic heterocycles. The van der Waals surface area contributed by atoms with E-state index in [9.17, 15) is 9.59 Å². The molecule has 37 heavy (non-hydrogen) atoms. The van der Waals surface area contributed by atoms with Crippen molar-refractivity contribution < 1.29 is 9.53 Å². The molecule has 0 unspecified atom stereocenters. The van der Waals surface area contributed by atoms with Crippen LogP contribution in [0.3, 0.4) is 0 Å². The molecule has 0 atom stereocenters. The van der Waals surface area contributed by atoms with Gasteiger partial charge >= 0.3 is 0 Å². The second-order valence-corrected chi connectivity index (χ2v) is 10.3. The van der Waals surface area contributed by atoms with Gasteiger partial charge in [-0.25, -0.2) is 0 Å². The van der Waals surface area contributed by atoms with Gasteiger partial charge in [0.15, 0.2) is 0 Å². The fourth-order valence-electron chi connectivity index (χ4n) is 4.39. The van der Waals surface area contributed by atoms with Crippen molar-refractivity contribution in [2.24, 2.45) is 5.92 Å². The minimum absolute atomic E-state index is 0.209. The van der Waals surface area contributed by atoms with Gasteiger partial charge in [-0.3, -0.25) is 14.2 Å². The van der Waals surface area contributed by atoms with E-state index < -0.39 is 0 Å². The Bertz CT molecular complexity index is 1410. The Kier molecular flexibility index (Phi) is 7.24. The minimum atomic E-state index is -0.221.